The minimum absolute atomic E-state index is 0.128. The number of hydrogen-bond acceptors (Lipinski definition) is 1. The van der Waals surface area contributed by atoms with Crippen LogP contribution in [-0.2, 0) is 6.42 Å². The third-order valence-corrected chi connectivity index (χ3v) is 2.44. The van der Waals surface area contributed by atoms with Gasteiger partial charge in [-0.05, 0) is 30.5 Å². The van der Waals surface area contributed by atoms with Crippen molar-refractivity contribution in [2.24, 2.45) is 5.73 Å². The van der Waals surface area contributed by atoms with Gasteiger partial charge in [-0.15, -0.1) is 0 Å². The first-order valence-electron chi connectivity index (χ1n) is 5.09. The van der Waals surface area contributed by atoms with Crippen molar-refractivity contribution in [1.29, 1.82) is 0 Å². The molecule has 1 unspecified atom stereocenters. The molecule has 0 bridgehead atoms. The van der Waals surface area contributed by atoms with Gasteiger partial charge in [0.05, 0.1) is 0 Å². The van der Waals surface area contributed by atoms with E-state index in [1.54, 1.807) is 12.1 Å². The quantitative estimate of drug-likeness (QED) is 0.817. The van der Waals surface area contributed by atoms with Crippen LogP contribution in [0.15, 0.2) is 24.3 Å². The summed E-state index contributed by atoms with van der Waals surface area (Å²) in [5.41, 5.74) is 7.18. The van der Waals surface area contributed by atoms with Crippen LogP contribution in [0.25, 0.3) is 0 Å². The Morgan fingerprint density at radius 2 is 1.93 bits per heavy atom. The van der Waals surface area contributed by atoms with E-state index in [4.69, 9.17) is 5.73 Å². The SMILES string of the molecule is CC(CN)c1ccccc1CC(C)(F)F. The number of alkyl halides is 2. The number of rotatable bonds is 4. The molecule has 15 heavy (non-hydrogen) atoms. The fraction of sp³-hybridized carbons (Fsp3) is 0.500. The largest absolute Gasteiger partial charge is 0.330 e. The Morgan fingerprint density at radius 3 is 2.47 bits per heavy atom. The van der Waals surface area contributed by atoms with Gasteiger partial charge in [-0.2, -0.15) is 0 Å². The van der Waals surface area contributed by atoms with Crippen molar-refractivity contribution in [2.75, 3.05) is 6.54 Å². The van der Waals surface area contributed by atoms with Crippen LogP contribution in [-0.4, -0.2) is 12.5 Å². The van der Waals surface area contributed by atoms with Crippen LogP contribution in [0.1, 0.15) is 30.9 Å². The van der Waals surface area contributed by atoms with Gasteiger partial charge in [-0.3, -0.25) is 0 Å². The van der Waals surface area contributed by atoms with E-state index in [0.29, 0.717) is 12.1 Å². The average molecular weight is 213 g/mol. The summed E-state index contributed by atoms with van der Waals surface area (Å²) in [4.78, 5) is 0. The summed E-state index contributed by atoms with van der Waals surface area (Å²) in [7, 11) is 0. The zero-order chi connectivity index (χ0) is 11.5. The summed E-state index contributed by atoms with van der Waals surface area (Å²) in [5, 5.41) is 0. The van der Waals surface area contributed by atoms with Crippen LogP contribution in [0.4, 0.5) is 8.78 Å². The third-order valence-electron chi connectivity index (χ3n) is 2.44. The second-order valence-corrected chi connectivity index (χ2v) is 4.08. The van der Waals surface area contributed by atoms with Gasteiger partial charge in [0, 0.05) is 6.42 Å². The van der Waals surface area contributed by atoms with Gasteiger partial charge < -0.3 is 5.73 Å². The van der Waals surface area contributed by atoms with E-state index in [2.05, 4.69) is 0 Å². The Morgan fingerprint density at radius 1 is 1.33 bits per heavy atom. The van der Waals surface area contributed by atoms with E-state index in [-0.39, 0.29) is 12.3 Å². The molecule has 84 valence electrons. The molecule has 0 amide bonds. The smallest absolute Gasteiger partial charge is 0.249 e. The minimum Gasteiger partial charge on any atom is -0.330 e. The van der Waals surface area contributed by atoms with Crippen molar-refractivity contribution < 1.29 is 8.78 Å². The Bertz CT molecular complexity index is 318. The van der Waals surface area contributed by atoms with Crippen LogP contribution in [0.5, 0.6) is 0 Å². The molecule has 1 atom stereocenters. The number of benzene rings is 1. The summed E-state index contributed by atoms with van der Waals surface area (Å²) < 4.78 is 25.8. The highest BCUT2D eigenvalue weighted by Crippen LogP contribution is 2.25. The Kier molecular flexibility index (Phi) is 3.80. The van der Waals surface area contributed by atoms with E-state index in [1.807, 2.05) is 19.1 Å². The molecule has 0 fully saturated rings. The van der Waals surface area contributed by atoms with E-state index < -0.39 is 5.92 Å². The first-order valence-corrected chi connectivity index (χ1v) is 5.09. The zero-order valence-electron chi connectivity index (χ0n) is 9.13. The third kappa shape index (κ3) is 3.59. The normalized spacial score (nSPS) is 13.9. The lowest BCUT2D eigenvalue weighted by molar-refractivity contribution is 0.0223. The van der Waals surface area contributed by atoms with E-state index in [0.717, 1.165) is 12.5 Å². The van der Waals surface area contributed by atoms with Crippen LogP contribution in [0, 0.1) is 0 Å². The molecule has 0 radical (unpaired) electrons. The molecular weight excluding hydrogens is 196 g/mol. The first kappa shape index (κ1) is 12.1. The highest BCUT2D eigenvalue weighted by atomic mass is 19.3. The second-order valence-electron chi connectivity index (χ2n) is 4.08. The lowest BCUT2D eigenvalue weighted by Crippen LogP contribution is -2.17. The molecule has 2 N–H and O–H groups in total. The average Bonchev–Trinajstić information content (AvgIpc) is 2.15. The highest BCUT2D eigenvalue weighted by molar-refractivity contribution is 5.31. The van der Waals surface area contributed by atoms with Crippen LogP contribution in [0.2, 0.25) is 0 Å². The van der Waals surface area contributed by atoms with Gasteiger partial charge in [-0.25, -0.2) is 8.78 Å². The number of nitrogens with two attached hydrogens (primary N) is 1. The van der Waals surface area contributed by atoms with E-state index in [9.17, 15) is 8.78 Å². The van der Waals surface area contributed by atoms with Gasteiger partial charge in [0.25, 0.3) is 0 Å². The molecule has 0 aliphatic rings. The van der Waals surface area contributed by atoms with Crippen molar-refractivity contribution in [3.63, 3.8) is 0 Å². The molecule has 1 aromatic rings. The van der Waals surface area contributed by atoms with Crippen LogP contribution < -0.4 is 5.73 Å². The van der Waals surface area contributed by atoms with Crippen molar-refractivity contribution in [3.05, 3.63) is 35.4 Å². The van der Waals surface area contributed by atoms with Crippen molar-refractivity contribution >= 4 is 0 Å². The van der Waals surface area contributed by atoms with E-state index >= 15 is 0 Å². The zero-order valence-corrected chi connectivity index (χ0v) is 9.13. The molecule has 0 heterocycles. The van der Waals surface area contributed by atoms with Crippen molar-refractivity contribution in [3.8, 4) is 0 Å². The molecule has 0 spiro atoms. The molecule has 1 rings (SSSR count). The molecular formula is C12H17F2N. The predicted molar refractivity (Wildman–Crippen MR) is 58.2 cm³/mol. The fourth-order valence-corrected chi connectivity index (χ4v) is 1.64. The Labute approximate surface area is 89.3 Å². The highest BCUT2D eigenvalue weighted by Gasteiger charge is 2.23. The topological polar surface area (TPSA) is 26.0 Å². The minimum atomic E-state index is -2.66. The number of hydrogen-bond donors (Lipinski definition) is 1. The van der Waals surface area contributed by atoms with Crippen LogP contribution >= 0.6 is 0 Å². The molecule has 1 nitrogen and oxygen atoms in total. The lowest BCUT2D eigenvalue weighted by Gasteiger charge is -2.17. The molecule has 0 saturated heterocycles. The van der Waals surface area contributed by atoms with Crippen molar-refractivity contribution in [2.45, 2.75) is 32.1 Å². The predicted octanol–water partition coefficient (Wildman–Crippen LogP) is 2.95. The molecule has 1 aromatic carbocycles. The summed E-state index contributed by atoms with van der Waals surface area (Å²) in [6.45, 7) is 3.37. The van der Waals surface area contributed by atoms with Crippen LogP contribution in [0.3, 0.4) is 0 Å². The first-order chi connectivity index (χ1) is 6.94. The molecule has 0 aliphatic heterocycles. The fourth-order valence-electron chi connectivity index (χ4n) is 1.64. The Balaban J connectivity index is 2.96. The van der Waals surface area contributed by atoms with Crippen molar-refractivity contribution in [1.82, 2.24) is 0 Å². The maximum atomic E-state index is 12.9. The maximum absolute atomic E-state index is 12.9. The monoisotopic (exact) mass is 213 g/mol. The van der Waals surface area contributed by atoms with E-state index in [1.165, 1.54) is 0 Å². The van der Waals surface area contributed by atoms with Gasteiger partial charge in [0.2, 0.25) is 5.92 Å². The molecule has 0 aromatic heterocycles. The number of halogens is 2. The van der Waals surface area contributed by atoms with Gasteiger partial charge in [0.1, 0.15) is 0 Å². The summed E-state index contributed by atoms with van der Waals surface area (Å²) in [5.74, 6) is -2.53. The molecule has 3 heteroatoms. The Hall–Kier alpha value is -0.960. The summed E-state index contributed by atoms with van der Waals surface area (Å²) in [6.07, 6.45) is -0.215. The van der Waals surface area contributed by atoms with Gasteiger partial charge >= 0.3 is 0 Å². The summed E-state index contributed by atoms with van der Waals surface area (Å²) in [6, 6.07) is 7.27. The van der Waals surface area contributed by atoms with Gasteiger partial charge in [-0.1, -0.05) is 31.2 Å². The second kappa shape index (κ2) is 4.71. The maximum Gasteiger partial charge on any atom is 0.249 e. The van der Waals surface area contributed by atoms with Gasteiger partial charge in [0.15, 0.2) is 0 Å². The lowest BCUT2D eigenvalue weighted by atomic mass is 9.93. The molecule has 0 aliphatic carbocycles. The summed E-state index contributed by atoms with van der Waals surface area (Å²) >= 11 is 0. The molecule has 0 saturated carbocycles. The standard InChI is InChI=1S/C12H17F2N/c1-9(8-15)11-6-4-3-5-10(11)7-12(2,13)14/h3-6,9H,7-8,15H2,1-2H3.